The monoisotopic (exact) mass is 337 g/mol. The molecule has 0 unspecified atom stereocenters. The standard InChI is InChI=1S/C17H27N3O4/c1-11(2)16(18)17(22)20-10-15(21)19-8-7-12-9-13(23-3)5-6-14(12)24-4/h5-6,9,11,16H,7-8,10,18H2,1-4H3,(H,19,21)(H,20,22)/t16-/m0/s1. The number of hydrogen-bond acceptors (Lipinski definition) is 5. The molecule has 0 aliphatic carbocycles. The van der Waals surface area contributed by atoms with Gasteiger partial charge in [-0.25, -0.2) is 0 Å². The number of carbonyl (C=O) groups is 2. The Morgan fingerprint density at radius 3 is 2.46 bits per heavy atom. The van der Waals surface area contributed by atoms with Crippen molar-refractivity contribution in [2.24, 2.45) is 11.7 Å². The van der Waals surface area contributed by atoms with Crippen molar-refractivity contribution in [3.05, 3.63) is 23.8 Å². The fourth-order valence-corrected chi connectivity index (χ4v) is 2.06. The van der Waals surface area contributed by atoms with E-state index in [9.17, 15) is 9.59 Å². The maximum absolute atomic E-state index is 11.8. The van der Waals surface area contributed by atoms with Gasteiger partial charge in [-0.3, -0.25) is 9.59 Å². The van der Waals surface area contributed by atoms with Gasteiger partial charge in [0.15, 0.2) is 0 Å². The normalized spacial score (nSPS) is 11.8. The van der Waals surface area contributed by atoms with Gasteiger partial charge in [0.05, 0.1) is 26.8 Å². The second-order valence-corrected chi connectivity index (χ2v) is 5.77. The number of nitrogens with two attached hydrogens (primary N) is 1. The molecule has 0 saturated carbocycles. The van der Waals surface area contributed by atoms with Gasteiger partial charge in [0.25, 0.3) is 0 Å². The van der Waals surface area contributed by atoms with Gasteiger partial charge in [-0.15, -0.1) is 0 Å². The molecule has 1 rings (SSSR count). The number of nitrogens with one attached hydrogen (secondary N) is 2. The van der Waals surface area contributed by atoms with Gasteiger partial charge < -0.3 is 25.8 Å². The maximum Gasteiger partial charge on any atom is 0.239 e. The largest absolute Gasteiger partial charge is 0.497 e. The molecule has 0 aliphatic heterocycles. The van der Waals surface area contributed by atoms with Crippen LogP contribution in [0.15, 0.2) is 18.2 Å². The molecule has 0 heterocycles. The first-order valence-electron chi connectivity index (χ1n) is 7.90. The number of benzene rings is 1. The van der Waals surface area contributed by atoms with Crippen LogP contribution in [0.1, 0.15) is 19.4 Å². The van der Waals surface area contributed by atoms with Crippen molar-refractivity contribution in [2.75, 3.05) is 27.3 Å². The Hall–Kier alpha value is -2.28. The molecule has 0 radical (unpaired) electrons. The molecule has 0 spiro atoms. The molecule has 2 amide bonds. The molecule has 0 bridgehead atoms. The Labute approximate surface area is 142 Å². The molecular weight excluding hydrogens is 310 g/mol. The molecule has 0 fully saturated rings. The molecular formula is C17H27N3O4. The molecule has 24 heavy (non-hydrogen) atoms. The van der Waals surface area contributed by atoms with Crippen LogP contribution in [0.25, 0.3) is 0 Å². The van der Waals surface area contributed by atoms with Crippen molar-refractivity contribution in [3.63, 3.8) is 0 Å². The Morgan fingerprint density at radius 2 is 1.88 bits per heavy atom. The molecule has 7 heteroatoms. The zero-order chi connectivity index (χ0) is 18.1. The van der Waals surface area contributed by atoms with E-state index < -0.39 is 6.04 Å². The molecule has 1 aromatic rings. The van der Waals surface area contributed by atoms with E-state index in [1.165, 1.54) is 0 Å². The first-order chi connectivity index (χ1) is 11.4. The van der Waals surface area contributed by atoms with Crippen molar-refractivity contribution < 1.29 is 19.1 Å². The van der Waals surface area contributed by atoms with E-state index >= 15 is 0 Å². The van der Waals surface area contributed by atoms with E-state index in [-0.39, 0.29) is 24.3 Å². The number of rotatable bonds is 9. The molecule has 0 aromatic heterocycles. The van der Waals surface area contributed by atoms with Gasteiger partial charge in [-0.1, -0.05) is 13.8 Å². The summed E-state index contributed by atoms with van der Waals surface area (Å²) >= 11 is 0. The van der Waals surface area contributed by atoms with Gasteiger partial charge in [0.2, 0.25) is 11.8 Å². The SMILES string of the molecule is COc1ccc(OC)c(CCNC(=O)CNC(=O)[C@@H](N)C(C)C)c1. The summed E-state index contributed by atoms with van der Waals surface area (Å²) < 4.78 is 10.5. The van der Waals surface area contributed by atoms with Crippen LogP contribution in [-0.4, -0.2) is 45.2 Å². The molecule has 7 nitrogen and oxygen atoms in total. The molecule has 0 saturated heterocycles. The highest BCUT2D eigenvalue weighted by atomic mass is 16.5. The van der Waals surface area contributed by atoms with Crippen LogP contribution in [-0.2, 0) is 16.0 Å². The lowest BCUT2D eigenvalue weighted by molar-refractivity contribution is -0.127. The first kappa shape index (κ1) is 19.8. The number of ether oxygens (including phenoxy) is 2. The fraction of sp³-hybridized carbons (Fsp3) is 0.529. The number of carbonyl (C=O) groups excluding carboxylic acids is 2. The molecule has 1 atom stereocenters. The smallest absolute Gasteiger partial charge is 0.239 e. The number of hydrogen-bond donors (Lipinski definition) is 3. The highest BCUT2D eigenvalue weighted by Crippen LogP contribution is 2.24. The highest BCUT2D eigenvalue weighted by molar-refractivity contribution is 5.87. The van der Waals surface area contributed by atoms with Gasteiger partial charge >= 0.3 is 0 Å². The van der Waals surface area contributed by atoms with Crippen molar-refractivity contribution in [3.8, 4) is 11.5 Å². The lowest BCUT2D eigenvalue weighted by atomic mass is 10.1. The van der Waals surface area contributed by atoms with Gasteiger partial charge in [0.1, 0.15) is 11.5 Å². The van der Waals surface area contributed by atoms with E-state index in [0.29, 0.717) is 13.0 Å². The molecule has 134 valence electrons. The first-order valence-corrected chi connectivity index (χ1v) is 7.90. The van der Waals surface area contributed by atoms with E-state index in [1.807, 2.05) is 32.0 Å². The summed E-state index contributed by atoms with van der Waals surface area (Å²) in [6.45, 7) is 4.04. The average Bonchev–Trinajstić information content (AvgIpc) is 2.58. The number of methoxy groups -OCH3 is 2. The minimum Gasteiger partial charge on any atom is -0.497 e. The molecule has 0 aliphatic rings. The van der Waals surface area contributed by atoms with Crippen LogP contribution < -0.4 is 25.8 Å². The fourth-order valence-electron chi connectivity index (χ4n) is 2.06. The molecule has 1 aromatic carbocycles. The quantitative estimate of drug-likeness (QED) is 0.607. The third-order valence-corrected chi connectivity index (χ3v) is 3.65. The van der Waals surface area contributed by atoms with Crippen molar-refractivity contribution in [1.29, 1.82) is 0 Å². The van der Waals surface area contributed by atoms with E-state index in [0.717, 1.165) is 17.1 Å². The number of amides is 2. The summed E-state index contributed by atoms with van der Waals surface area (Å²) in [5, 5.41) is 5.28. The van der Waals surface area contributed by atoms with Crippen LogP contribution >= 0.6 is 0 Å². The minimum absolute atomic E-state index is 0.0218. The van der Waals surface area contributed by atoms with Crippen LogP contribution in [0.2, 0.25) is 0 Å². The zero-order valence-electron chi connectivity index (χ0n) is 14.7. The minimum atomic E-state index is -0.612. The average molecular weight is 337 g/mol. The Kier molecular flexibility index (Phi) is 8.05. The highest BCUT2D eigenvalue weighted by Gasteiger charge is 2.17. The van der Waals surface area contributed by atoms with Crippen molar-refractivity contribution in [2.45, 2.75) is 26.3 Å². The summed E-state index contributed by atoms with van der Waals surface area (Å²) in [5.74, 6) is 0.901. The van der Waals surface area contributed by atoms with Gasteiger partial charge in [-0.05, 0) is 36.1 Å². The zero-order valence-corrected chi connectivity index (χ0v) is 14.7. The second kappa shape index (κ2) is 9.77. The predicted octanol–water partition coefficient (Wildman–Crippen LogP) is 0.462. The van der Waals surface area contributed by atoms with Crippen LogP contribution in [0.4, 0.5) is 0 Å². The maximum atomic E-state index is 11.8. The summed E-state index contributed by atoms with van der Waals surface area (Å²) in [4.78, 5) is 23.5. The topological polar surface area (TPSA) is 103 Å². The second-order valence-electron chi connectivity index (χ2n) is 5.77. The van der Waals surface area contributed by atoms with Crippen LogP contribution in [0.5, 0.6) is 11.5 Å². The Balaban J connectivity index is 2.42. The summed E-state index contributed by atoms with van der Waals surface area (Å²) in [6.07, 6.45) is 0.589. The van der Waals surface area contributed by atoms with Gasteiger partial charge in [-0.2, -0.15) is 0 Å². The summed E-state index contributed by atoms with van der Waals surface area (Å²) in [5.41, 5.74) is 6.65. The van der Waals surface area contributed by atoms with Crippen LogP contribution in [0, 0.1) is 5.92 Å². The van der Waals surface area contributed by atoms with E-state index in [2.05, 4.69) is 10.6 Å². The summed E-state index contributed by atoms with van der Waals surface area (Å²) in [6, 6.07) is 4.89. The Bertz CT molecular complexity index is 561. The lowest BCUT2D eigenvalue weighted by Crippen LogP contribution is -2.47. The third-order valence-electron chi connectivity index (χ3n) is 3.65. The molecule has 4 N–H and O–H groups in total. The Morgan fingerprint density at radius 1 is 1.17 bits per heavy atom. The van der Waals surface area contributed by atoms with Crippen molar-refractivity contribution >= 4 is 11.8 Å². The van der Waals surface area contributed by atoms with E-state index in [4.69, 9.17) is 15.2 Å². The van der Waals surface area contributed by atoms with E-state index in [1.54, 1.807) is 14.2 Å². The van der Waals surface area contributed by atoms with Crippen LogP contribution in [0.3, 0.4) is 0 Å². The summed E-state index contributed by atoms with van der Waals surface area (Å²) in [7, 11) is 3.19. The lowest BCUT2D eigenvalue weighted by Gasteiger charge is -2.15. The predicted molar refractivity (Wildman–Crippen MR) is 92.1 cm³/mol. The van der Waals surface area contributed by atoms with Crippen molar-refractivity contribution in [1.82, 2.24) is 10.6 Å². The third kappa shape index (κ3) is 6.08. The van der Waals surface area contributed by atoms with Gasteiger partial charge in [0, 0.05) is 6.54 Å².